The van der Waals surface area contributed by atoms with Gasteiger partial charge in [-0.1, -0.05) is 237 Å². The molecular weight excluding hydrogens is 905 g/mol. The Morgan fingerprint density at radius 2 is 0.600 bits per heavy atom. The van der Waals surface area contributed by atoms with Crippen LogP contribution in [0.25, 0.3) is 65.7 Å². The molecule has 0 unspecified atom stereocenters. The average molecular weight is 955 g/mol. The lowest BCUT2D eigenvalue weighted by Crippen LogP contribution is -2.29. The topological polar surface area (TPSA) is 6.48 Å². The minimum Gasteiger partial charge on any atom is -0.310 e. The molecule has 0 aromatic heterocycles. The van der Waals surface area contributed by atoms with E-state index in [1.807, 2.05) is 0 Å². The smallest absolute Gasteiger partial charge is 0.0720 e. The Morgan fingerprint density at radius 3 is 1.12 bits per heavy atom. The van der Waals surface area contributed by atoms with Gasteiger partial charge in [0.25, 0.3) is 0 Å². The van der Waals surface area contributed by atoms with Gasteiger partial charge in [0.15, 0.2) is 0 Å². The third-order valence-corrected chi connectivity index (χ3v) is 15.5. The molecule has 0 atom stereocenters. The van der Waals surface area contributed by atoms with Crippen molar-refractivity contribution in [1.82, 2.24) is 0 Å². The van der Waals surface area contributed by atoms with E-state index >= 15 is 0 Å². The van der Waals surface area contributed by atoms with Crippen LogP contribution >= 0.6 is 0 Å². The first-order valence-corrected chi connectivity index (χ1v) is 25.9. The van der Waals surface area contributed by atoms with Crippen LogP contribution in [0, 0.1) is 0 Å². The maximum atomic E-state index is 2.54. The van der Waals surface area contributed by atoms with Gasteiger partial charge in [0.05, 0.1) is 11.1 Å². The molecule has 0 N–H and O–H groups in total. The number of hydrogen-bond donors (Lipinski definition) is 0. The van der Waals surface area contributed by atoms with Crippen LogP contribution in [0.3, 0.4) is 0 Å². The molecular formula is C73H50N2. The van der Waals surface area contributed by atoms with Crippen molar-refractivity contribution in [1.29, 1.82) is 0 Å². The third kappa shape index (κ3) is 7.25. The van der Waals surface area contributed by atoms with Gasteiger partial charge in [0.1, 0.15) is 0 Å². The molecule has 352 valence electrons. The molecule has 0 spiro atoms. The van der Waals surface area contributed by atoms with Crippen LogP contribution in [0.4, 0.5) is 34.1 Å². The van der Waals surface area contributed by atoms with Crippen molar-refractivity contribution in [2.24, 2.45) is 0 Å². The molecule has 1 aliphatic carbocycles. The number of benzene rings is 13. The van der Waals surface area contributed by atoms with Crippen LogP contribution in [0.2, 0.25) is 0 Å². The van der Waals surface area contributed by atoms with Gasteiger partial charge in [-0.2, -0.15) is 0 Å². The van der Waals surface area contributed by atoms with E-state index in [2.05, 4.69) is 313 Å². The molecule has 2 heteroatoms. The van der Waals surface area contributed by atoms with Crippen molar-refractivity contribution in [2.75, 3.05) is 9.80 Å². The predicted molar refractivity (Wildman–Crippen MR) is 317 cm³/mol. The molecule has 1 aliphatic rings. The second-order valence-corrected chi connectivity index (χ2v) is 19.5. The van der Waals surface area contributed by atoms with Gasteiger partial charge in [-0.3, -0.25) is 0 Å². The highest BCUT2D eigenvalue weighted by Gasteiger charge is 2.49. The summed E-state index contributed by atoms with van der Waals surface area (Å²) in [5, 5.41) is 7.30. The Kier molecular flexibility index (Phi) is 10.8. The largest absolute Gasteiger partial charge is 0.310 e. The highest BCUT2D eigenvalue weighted by Crippen LogP contribution is 2.63. The van der Waals surface area contributed by atoms with Crippen molar-refractivity contribution in [2.45, 2.75) is 5.41 Å². The number of anilines is 6. The summed E-state index contributed by atoms with van der Waals surface area (Å²) in [6.07, 6.45) is 0. The number of hydrogen-bond acceptors (Lipinski definition) is 2. The quantitative estimate of drug-likeness (QED) is 0.126. The van der Waals surface area contributed by atoms with Gasteiger partial charge in [0.2, 0.25) is 0 Å². The zero-order valence-electron chi connectivity index (χ0n) is 41.3. The summed E-state index contributed by atoms with van der Waals surface area (Å²) in [5.41, 5.74) is 18.2. The Morgan fingerprint density at radius 1 is 0.227 bits per heavy atom. The zero-order chi connectivity index (χ0) is 49.7. The average Bonchev–Trinajstić information content (AvgIpc) is 3.91. The van der Waals surface area contributed by atoms with Crippen molar-refractivity contribution < 1.29 is 0 Å². The molecule has 0 amide bonds. The van der Waals surface area contributed by atoms with E-state index < -0.39 is 5.41 Å². The lowest BCUT2D eigenvalue weighted by atomic mass is 9.66. The second-order valence-electron chi connectivity index (χ2n) is 19.5. The standard InChI is InChI=1S/C73H50N2/c1-7-23-51(24-8-1)53-39-43-59(44-40-53)74(57-31-15-5-16-32-57)61-47-48-66-67(49-61)62-35-19-21-37-64(62)71-70-65-38-22-20-36-63(65)69(50-68(70)73(72(66)71,55-27-11-3-12-28-55)56-29-13-4-14-30-56)75(58-33-17-6-18-34-58)60-45-41-54(42-46-60)52-25-9-2-10-26-52/h1-50H. The summed E-state index contributed by atoms with van der Waals surface area (Å²) in [5.74, 6) is 0. The summed E-state index contributed by atoms with van der Waals surface area (Å²) in [6, 6.07) is 112. The maximum absolute atomic E-state index is 2.54. The molecule has 0 radical (unpaired) electrons. The summed E-state index contributed by atoms with van der Waals surface area (Å²) < 4.78 is 0. The molecule has 0 saturated carbocycles. The summed E-state index contributed by atoms with van der Waals surface area (Å²) >= 11 is 0. The number of rotatable bonds is 10. The SMILES string of the molecule is c1ccc(-c2ccc(N(c3ccccc3)c3ccc4c5c(c6ccccc6c4c3)-c3c(cc(N(c4ccccc4)c4ccc(-c6ccccc6)cc4)c4ccccc34)C5(c3ccccc3)c3ccccc3)cc2)cc1. The van der Waals surface area contributed by atoms with E-state index in [0.717, 1.165) is 34.1 Å². The van der Waals surface area contributed by atoms with Crippen LogP contribution in [0.5, 0.6) is 0 Å². The van der Waals surface area contributed by atoms with Crippen LogP contribution in [-0.4, -0.2) is 0 Å². The lowest BCUT2D eigenvalue weighted by Gasteiger charge is -2.36. The van der Waals surface area contributed by atoms with Crippen LogP contribution in [0.1, 0.15) is 22.3 Å². The lowest BCUT2D eigenvalue weighted by molar-refractivity contribution is 0.776. The van der Waals surface area contributed by atoms with Crippen molar-refractivity contribution >= 4 is 66.4 Å². The van der Waals surface area contributed by atoms with E-state index in [-0.39, 0.29) is 0 Å². The minimum atomic E-state index is -0.734. The number of para-hydroxylation sites is 2. The first kappa shape index (κ1) is 44.0. The summed E-state index contributed by atoms with van der Waals surface area (Å²) in [7, 11) is 0. The van der Waals surface area contributed by atoms with Gasteiger partial charge < -0.3 is 9.80 Å². The fraction of sp³-hybridized carbons (Fsp3) is 0.0137. The van der Waals surface area contributed by atoms with E-state index in [1.54, 1.807) is 0 Å². The normalized spacial score (nSPS) is 12.4. The molecule has 13 aromatic carbocycles. The van der Waals surface area contributed by atoms with Gasteiger partial charge in [-0.05, 0) is 149 Å². The van der Waals surface area contributed by atoms with Crippen LogP contribution in [-0.2, 0) is 5.41 Å². The van der Waals surface area contributed by atoms with Crippen LogP contribution in [0.15, 0.2) is 303 Å². The fourth-order valence-corrected chi connectivity index (χ4v) is 12.2. The molecule has 14 rings (SSSR count). The first-order valence-electron chi connectivity index (χ1n) is 25.9. The Hall–Kier alpha value is -9.76. The van der Waals surface area contributed by atoms with E-state index in [4.69, 9.17) is 0 Å². The Balaban J connectivity index is 1.07. The van der Waals surface area contributed by atoms with Crippen molar-refractivity contribution in [3.05, 3.63) is 326 Å². The molecule has 2 nitrogen and oxygen atoms in total. The number of fused-ring (bicyclic) bond motifs is 10. The molecule has 0 saturated heterocycles. The molecule has 0 bridgehead atoms. The maximum Gasteiger partial charge on any atom is 0.0720 e. The fourth-order valence-electron chi connectivity index (χ4n) is 12.2. The second kappa shape index (κ2) is 18.4. The Bertz CT molecular complexity index is 4140. The van der Waals surface area contributed by atoms with Gasteiger partial charge in [0, 0.05) is 33.8 Å². The summed E-state index contributed by atoms with van der Waals surface area (Å²) in [6.45, 7) is 0. The van der Waals surface area contributed by atoms with E-state index in [9.17, 15) is 0 Å². The minimum absolute atomic E-state index is 0.734. The van der Waals surface area contributed by atoms with E-state index in [1.165, 1.54) is 88.0 Å². The van der Waals surface area contributed by atoms with Gasteiger partial charge in [-0.25, -0.2) is 0 Å². The molecule has 0 aliphatic heterocycles. The van der Waals surface area contributed by atoms with Crippen molar-refractivity contribution in [3.8, 4) is 33.4 Å². The van der Waals surface area contributed by atoms with Gasteiger partial charge in [-0.15, -0.1) is 0 Å². The monoisotopic (exact) mass is 954 g/mol. The first-order chi connectivity index (χ1) is 37.2. The third-order valence-electron chi connectivity index (χ3n) is 15.5. The number of nitrogens with zero attached hydrogens (tertiary/aromatic N) is 2. The van der Waals surface area contributed by atoms with Crippen molar-refractivity contribution in [3.63, 3.8) is 0 Å². The highest BCUT2D eigenvalue weighted by molar-refractivity contribution is 6.24. The summed E-state index contributed by atoms with van der Waals surface area (Å²) in [4.78, 5) is 4.87. The molecule has 13 aromatic rings. The van der Waals surface area contributed by atoms with Gasteiger partial charge >= 0.3 is 0 Å². The zero-order valence-corrected chi connectivity index (χ0v) is 41.3. The van der Waals surface area contributed by atoms with Crippen LogP contribution < -0.4 is 9.80 Å². The van der Waals surface area contributed by atoms with E-state index in [0.29, 0.717) is 0 Å². The highest BCUT2D eigenvalue weighted by atomic mass is 15.1. The Labute approximate surface area is 438 Å². The molecule has 0 heterocycles. The molecule has 75 heavy (non-hydrogen) atoms. The predicted octanol–water partition coefficient (Wildman–Crippen LogP) is 19.8. The molecule has 0 fully saturated rings.